The molecule has 0 amide bonds. The molecule has 280 valence electrons. The fraction of sp³-hybridized carbons (Fsp3) is 1.00. The van der Waals surface area contributed by atoms with Gasteiger partial charge in [-0.05, 0) is 0 Å². The molecule has 0 fully saturated rings. The number of hydrogen-bond donors (Lipinski definition) is 0. The van der Waals surface area contributed by atoms with Crippen molar-refractivity contribution in [2.45, 2.75) is 180 Å². The van der Waals surface area contributed by atoms with Gasteiger partial charge in [0, 0.05) is 0 Å². The number of alkyl halides is 8. The Kier molecular flexibility index (Phi) is 21.6. The molecular weight excluding hydrogens is 663 g/mol. The van der Waals surface area contributed by atoms with E-state index in [1.165, 1.54) is 0 Å². The second-order valence-corrected chi connectivity index (χ2v) is 20.5. The Morgan fingerprint density at radius 2 is 0.804 bits per heavy atom. The third kappa shape index (κ3) is 15.5. The van der Waals surface area contributed by atoms with Crippen LogP contribution in [0.5, 0.6) is 0 Å². The SMILES string of the molecule is CCCCCCCCCCP(CCCCCC)(CCCCCC)(CCCCCC)OS(=O)(=O)C(F)(F)C(F)OC(F)(F)C(F)(F)F. The molecule has 1 unspecified atom stereocenters. The summed E-state index contributed by atoms with van der Waals surface area (Å²) in [4.78, 5) is 0. The van der Waals surface area contributed by atoms with Crippen molar-refractivity contribution in [3.63, 3.8) is 0 Å². The molecule has 0 aliphatic heterocycles. The van der Waals surface area contributed by atoms with Crippen LogP contribution < -0.4 is 0 Å². The summed E-state index contributed by atoms with van der Waals surface area (Å²) < 4.78 is 145. The first-order valence-electron chi connectivity index (χ1n) is 17.5. The van der Waals surface area contributed by atoms with Crippen LogP contribution in [-0.2, 0) is 18.8 Å². The third-order valence-corrected chi connectivity index (χ3v) is 17.9. The molecule has 0 aliphatic rings. The van der Waals surface area contributed by atoms with Crippen molar-refractivity contribution >= 4 is 16.9 Å². The molecule has 0 saturated heterocycles. The molecule has 0 aromatic rings. The monoisotopic (exact) mass is 724 g/mol. The molecule has 4 nitrogen and oxygen atoms in total. The predicted octanol–water partition coefficient (Wildman–Crippen LogP) is 12.7. The zero-order chi connectivity index (χ0) is 35.4. The van der Waals surface area contributed by atoms with Gasteiger partial charge in [-0.3, -0.25) is 0 Å². The molecule has 0 heterocycles. The van der Waals surface area contributed by atoms with Crippen molar-refractivity contribution in [1.29, 1.82) is 0 Å². The summed E-state index contributed by atoms with van der Waals surface area (Å²) in [7, 11) is -6.35. The third-order valence-electron chi connectivity index (χ3n) is 8.80. The molecule has 0 aliphatic carbocycles. The predicted molar refractivity (Wildman–Crippen MR) is 173 cm³/mol. The van der Waals surface area contributed by atoms with Crippen LogP contribution in [0, 0.1) is 0 Å². The van der Waals surface area contributed by atoms with E-state index >= 15 is 8.78 Å². The molecule has 0 aromatic heterocycles. The summed E-state index contributed by atoms with van der Waals surface area (Å²) in [5.74, 6) is 0. The first-order valence-corrected chi connectivity index (χ1v) is 21.8. The first-order chi connectivity index (χ1) is 21.4. The Bertz CT molecular complexity index is 869. The van der Waals surface area contributed by atoms with Gasteiger partial charge in [0.15, 0.2) is 0 Å². The Balaban J connectivity index is 6.74. The minimum absolute atomic E-state index is 0.187. The summed E-state index contributed by atoms with van der Waals surface area (Å²) >= 11 is 0. The molecule has 1 atom stereocenters. The second-order valence-electron chi connectivity index (χ2n) is 12.9. The van der Waals surface area contributed by atoms with E-state index in [2.05, 4.69) is 11.7 Å². The second kappa shape index (κ2) is 21.7. The Morgan fingerprint density at radius 1 is 0.522 bits per heavy atom. The van der Waals surface area contributed by atoms with Crippen molar-refractivity contribution < 1.29 is 52.2 Å². The molecule has 0 bridgehead atoms. The molecule has 0 aromatic carbocycles. The van der Waals surface area contributed by atoms with Crippen molar-refractivity contribution in [3.05, 3.63) is 0 Å². The van der Waals surface area contributed by atoms with Crippen LogP contribution in [0.2, 0.25) is 0 Å². The quantitative estimate of drug-likeness (QED) is 0.0420. The van der Waals surface area contributed by atoms with Gasteiger partial charge in [0.2, 0.25) is 0 Å². The van der Waals surface area contributed by atoms with E-state index in [1.54, 1.807) is 0 Å². The summed E-state index contributed by atoms with van der Waals surface area (Å²) in [6.45, 7) is 3.88. The van der Waals surface area contributed by atoms with Crippen LogP contribution in [-0.4, -0.2) is 57.0 Å². The van der Waals surface area contributed by atoms with E-state index in [1.807, 2.05) is 20.8 Å². The average molecular weight is 725 g/mol. The number of halogens is 8. The van der Waals surface area contributed by atoms with Gasteiger partial charge < -0.3 is 0 Å². The summed E-state index contributed by atoms with van der Waals surface area (Å²) in [5.41, 5.74) is 0. The van der Waals surface area contributed by atoms with E-state index in [0.29, 0.717) is 51.4 Å². The molecule has 0 rings (SSSR count). The topological polar surface area (TPSA) is 52.6 Å². The van der Waals surface area contributed by atoms with Crippen molar-refractivity contribution in [2.24, 2.45) is 0 Å². The van der Waals surface area contributed by atoms with Gasteiger partial charge in [-0.15, -0.1) is 0 Å². The maximum absolute atomic E-state index is 15.2. The van der Waals surface area contributed by atoms with Crippen LogP contribution >= 0.6 is 6.83 Å². The number of hydrogen-bond acceptors (Lipinski definition) is 4. The standard InChI is InChI=1S/C32H61F8O4PS/c1-5-9-13-17-18-19-20-24-28-45(25-21-14-10-6-2,26-22-15-11-7-3,27-23-16-12-8-4)44-46(41,42)30(34,35)29(33)43-32(39,40)31(36,37)38/h29H,5-28H2,1-4H3. The van der Waals surface area contributed by atoms with Crippen LogP contribution in [0.25, 0.3) is 0 Å². The Hall–Kier alpha value is -0.260. The molecule has 0 spiro atoms. The Labute approximate surface area is 273 Å². The van der Waals surface area contributed by atoms with Gasteiger partial charge in [0.25, 0.3) is 0 Å². The fourth-order valence-electron chi connectivity index (χ4n) is 5.99. The number of unbranched alkanes of at least 4 members (excludes halogenated alkanes) is 16. The van der Waals surface area contributed by atoms with Crippen molar-refractivity contribution in [1.82, 2.24) is 0 Å². The first kappa shape index (κ1) is 45.7. The molecular formula is C32H61F8O4PS. The van der Waals surface area contributed by atoms with Crippen LogP contribution in [0.4, 0.5) is 35.1 Å². The number of ether oxygens (including phenoxy) is 1. The van der Waals surface area contributed by atoms with Gasteiger partial charge in [0.1, 0.15) is 0 Å². The van der Waals surface area contributed by atoms with Gasteiger partial charge in [-0.1, -0.05) is 0 Å². The molecule has 0 radical (unpaired) electrons. The van der Waals surface area contributed by atoms with Gasteiger partial charge >= 0.3 is 274 Å². The summed E-state index contributed by atoms with van der Waals surface area (Å²) in [6.07, 6.45) is -1.08. The normalized spacial score (nSPS) is 15.2. The summed E-state index contributed by atoms with van der Waals surface area (Å²) in [5, 5.41) is -5.81. The minimum atomic E-state index is -6.54. The molecule has 0 saturated carbocycles. The Morgan fingerprint density at radius 3 is 1.11 bits per heavy atom. The molecule has 46 heavy (non-hydrogen) atoms. The van der Waals surface area contributed by atoms with E-state index < -0.39 is 40.8 Å². The van der Waals surface area contributed by atoms with Gasteiger partial charge in [-0.2, -0.15) is 0 Å². The van der Waals surface area contributed by atoms with Crippen LogP contribution in [0.1, 0.15) is 156 Å². The van der Waals surface area contributed by atoms with Crippen LogP contribution in [0.3, 0.4) is 0 Å². The zero-order valence-electron chi connectivity index (χ0n) is 28.6. The van der Waals surface area contributed by atoms with Crippen LogP contribution in [0.15, 0.2) is 0 Å². The fourth-order valence-corrected chi connectivity index (χ4v) is 15.5. The van der Waals surface area contributed by atoms with Crippen molar-refractivity contribution in [3.8, 4) is 0 Å². The van der Waals surface area contributed by atoms with Crippen molar-refractivity contribution in [2.75, 3.05) is 24.6 Å². The number of rotatable bonds is 30. The van der Waals surface area contributed by atoms with E-state index in [4.69, 9.17) is 3.97 Å². The van der Waals surface area contributed by atoms with E-state index in [-0.39, 0.29) is 24.6 Å². The molecule has 0 N–H and O–H groups in total. The van der Waals surface area contributed by atoms with Gasteiger partial charge in [0.05, 0.1) is 0 Å². The average Bonchev–Trinajstić information content (AvgIpc) is 2.96. The van der Waals surface area contributed by atoms with E-state index in [9.17, 15) is 34.8 Å². The molecule has 14 heteroatoms. The maximum atomic E-state index is 15.2. The summed E-state index contributed by atoms with van der Waals surface area (Å²) in [6, 6.07) is 0. The van der Waals surface area contributed by atoms with E-state index in [0.717, 1.165) is 77.0 Å². The van der Waals surface area contributed by atoms with Gasteiger partial charge in [-0.25, -0.2) is 0 Å². The zero-order valence-corrected chi connectivity index (χ0v) is 30.3.